The SMILES string of the molecule is COC1=C(C=O)COC([C@@H](CCC(F)(F)F)NC(=O)[C@]2(N)CSC(C(C)=O)=N2)=C1. The van der Waals surface area contributed by atoms with E-state index in [1.54, 1.807) is 0 Å². The summed E-state index contributed by atoms with van der Waals surface area (Å²) >= 11 is 0.996. The first-order valence-corrected chi connectivity index (χ1v) is 9.44. The van der Waals surface area contributed by atoms with Gasteiger partial charge < -0.3 is 14.8 Å². The van der Waals surface area contributed by atoms with Crippen molar-refractivity contribution in [2.45, 2.75) is 37.6 Å². The van der Waals surface area contributed by atoms with Crippen molar-refractivity contribution < 1.29 is 37.0 Å². The Labute approximate surface area is 168 Å². The molecule has 2 aliphatic rings. The average molecular weight is 435 g/mol. The van der Waals surface area contributed by atoms with Crippen LogP contribution in [0.1, 0.15) is 19.8 Å². The van der Waals surface area contributed by atoms with Gasteiger partial charge in [-0.2, -0.15) is 13.2 Å². The fourth-order valence-corrected chi connectivity index (χ4v) is 3.56. The predicted molar refractivity (Wildman–Crippen MR) is 98.8 cm³/mol. The Morgan fingerprint density at radius 1 is 1.52 bits per heavy atom. The molecule has 1 amide bonds. The zero-order valence-corrected chi connectivity index (χ0v) is 16.5. The van der Waals surface area contributed by atoms with Gasteiger partial charge in [0, 0.05) is 25.2 Å². The van der Waals surface area contributed by atoms with E-state index in [1.165, 1.54) is 20.1 Å². The van der Waals surface area contributed by atoms with Crippen molar-refractivity contribution in [2.24, 2.45) is 10.7 Å². The predicted octanol–water partition coefficient (Wildman–Crippen LogP) is 1.22. The van der Waals surface area contributed by atoms with Gasteiger partial charge >= 0.3 is 6.18 Å². The Bertz CT molecular complexity index is 794. The number of carbonyl (C=O) groups is 3. The van der Waals surface area contributed by atoms with Gasteiger partial charge in [-0.05, 0) is 6.42 Å². The minimum absolute atomic E-state index is 0.00456. The van der Waals surface area contributed by atoms with Crippen LogP contribution in [0.25, 0.3) is 0 Å². The molecule has 0 aromatic carbocycles. The number of aldehydes is 1. The number of aliphatic imine (C=N–C) groups is 1. The van der Waals surface area contributed by atoms with Crippen LogP contribution in [-0.4, -0.2) is 60.4 Å². The van der Waals surface area contributed by atoms with Crippen LogP contribution in [0, 0.1) is 0 Å². The molecule has 3 N–H and O–H groups in total. The molecule has 0 bridgehead atoms. The molecule has 0 aliphatic carbocycles. The number of methoxy groups -OCH3 is 1. The molecule has 29 heavy (non-hydrogen) atoms. The fraction of sp³-hybridized carbons (Fsp3) is 0.529. The fourth-order valence-electron chi connectivity index (χ4n) is 2.58. The molecule has 2 heterocycles. The number of amides is 1. The Morgan fingerprint density at radius 3 is 2.72 bits per heavy atom. The van der Waals surface area contributed by atoms with Crippen LogP contribution in [0.15, 0.2) is 28.2 Å². The Balaban J connectivity index is 2.26. The van der Waals surface area contributed by atoms with Crippen LogP contribution < -0.4 is 11.1 Å². The van der Waals surface area contributed by atoms with Gasteiger partial charge in [0.1, 0.15) is 23.2 Å². The smallest absolute Gasteiger partial charge is 0.389 e. The molecule has 160 valence electrons. The summed E-state index contributed by atoms with van der Waals surface area (Å²) in [6.45, 7) is 1.05. The van der Waals surface area contributed by atoms with E-state index < -0.39 is 36.6 Å². The van der Waals surface area contributed by atoms with E-state index in [0.29, 0.717) is 6.29 Å². The quantitative estimate of drug-likeness (QED) is 0.550. The number of hydrogen-bond acceptors (Lipinski definition) is 8. The molecule has 0 saturated carbocycles. The van der Waals surface area contributed by atoms with Gasteiger partial charge in [0.15, 0.2) is 17.7 Å². The van der Waals surface area contributed by atoms with Crippen LogP contribution >= 0.6 is 11.8 Å². The zero-order valence-electron chi connectivity index (χ0n) is 15.7. The molecule has 12 heteroatoms. The van der Waals surface area contributed by atoms with E-state index in [1.807, 2.05) is 0 Å². The first-order chi connectivity index (χ1) is 13.5. The number of nitrogens with two attached hydrogens (primary N) is 1. The Kier molecular flexibility index (Phi) is 7.11. The lowest BCUT2D eigenvalue weighted by Gasteiger charge is -2.28. The van der Waals surface area contributed by atoms with Crippen molar-refractivity contribution in [1.29, 1.82) is 0 Å². The number of thioether (sulfide) groups is 1. The van der Waals surface area contributed by atoms with Gasteiger partial charge in [-0.1, -0.05) is 11.8 Å². The summed E-state index contributed by atoms with van der Waals surface area (Å²) in [5, 5.41) is 2.50. The number of Topliss-reactive ketones (excluding diaryl/α,β-unsaturated/α-hetero) is 1. The molecule has 8 nitrogen and oxygen atoms in total. The highest BCUT2D eigenvalue weighted by Crippen LogP contribution is 2.29. The highest BCUT2D eigenvalue weighted by Gasteiger charge is 2.42. The van der Waals surface area contributed by atoms with Crippen molar-refractivity contribution in [2.75, 3.05) is 19.5 Å². The molecular formula is C17H20F3N3O5S. The third-order valence-electron chi connectivity index (χ3n) is 4.14. The number of allylic oxidation sites excluding steroid dienone is 1. The van der Waals surface area contributed by atoms with Crippen molar-refractivity contribution in [3.05, 3.63) is 23.2 Å². The Morgan fingerprint density at radius 2 is 2.21 bits per heavy atom. The molecule has 0 fully saturated rings. The van der Waals surface area contributed by atoms with Crippen molar-refractivity contribution in [1.82, 2.24) is 5.32 Å². The maximum absolute atomic E-state index is 12.8. The Hall–Kier alpha value is -2.34. The molecule has 0 spiro atoms. The minimum Gasteiger partial charge on any atom is -0.496 e. The van der Waals surface area contributed by atoms with Gasteiger partial charge in [-0.15, -0.1) is 0 Å². The van der Waals surface area contributed by atoms with Gasteiger partial charge in [0.25, 0.3) is 5.91 Å². The third kappa shape index (κ3) is 5.82. The summed E-state index contributed by atoms with van der Waals surface area (Å²) in [5.74, 6) is -1.11. The van der Waals surface area contributed by atoms with E-state index in [9.17, 15) is 27.6 Å². The largest absolute Gasteiger partial charge is 0.496 e. The van der Waals surface area contributed by atoms with Crippen molar-refractivity contribution >= 4 is 34.8 Å². The van der Waals surface area contributed by atoms with E-state index in [-0.39, 0.29) is 40.3 Å². The average Bonchev–Trinajstić information content (AvgIpc) is 3.07. The van der Waals surface area contributed by atoms with E-state index in [2.05, 4.69) is 10.3 Å². The standard InChI is InChI=1S/C17H20F3N3O5S/c1-9(25)14-23-16(21,8-29-14)15(26)22-11(3-4-17(18,19)20)13-5-12(27-2)10(6-24)7-28-13/h5-6,11H,3-4,7-8,21H2,1-2H3,(H,22,26)/t11-,16+/m1/s1. The summed E-state index contributed by atoms with van der Waals surface area (Å²) in [6.07, 6.45) is -4.42. The molecule has 2 atom stereocenters. The third-order valence-corrected chi connectivity index (χ3v) is 5.37. The first kappa shape index (κ1) is 22.9. The van der Waals surface area contributed by atoms with Crippen molar-refractivity contribution in [3.8, 4) is 0 Å². The molecule has 2 aliphatic heterocycles. The summed E-state index contributed by atoms with van der Waals surface area (Å²) in [5.41, 5.74) is 4.34. The molecule has 0 aromatic rings. The summed E-state index contributed by atoms with van der Waals surface area (Å²) < 4.78 is 48.7. The molecule has 0 saturated heterocycles. The number of carbonyl (C=O) groups excluding carboxylic acids is 3. The number of ether oxygens (including phenoxy) is 2. The molecule has 0 radical (unpaired) electrons. The summed E-state index contributed by atoms with van der Waals surface area (Å²) in [7, 11) is 1.30. The molecular weight excluding hydrogens is 415 g/mol. The lowest BCUT2D eigenvalue weighted by atomic mass is 10.0. The first-order valence-electron chi connectivity index (χ1n) is 8.46. The lowest BCUT2D eigenvalue weighted by molar-refractivity contribution is -0.138. The number of ketones is 1. The number of alkyl halides is 3. The minimum atomic E-state index is -4.46. The van der Waals surface area contributed by atoms with Crippen LogP contribution in [0.2, 0.25) is 0 Å². The maximum Gasteiger partial charge on any atom is 0.389 e. The number of halogens is 3. The second kappa shape index (κ2) is 8.99. The highest BCUT2D eigenvalue weighted by molar-refractivity contribution is 8.16. The second-order valence-corrected chi connectivity index (χ2v) is 7.38. The van der Waals surface area contributed by atoms with Crippen LogP contribution in [-0.2, 0) is 23.9 Å². The number of hydrogen-bond donors (Lipinski definition) is 2. The van der Waals surface area contributed by atoms with Gasteiger partial charge in [0.2, 0.25) is 0 Å². The maximum atomic E-state index is 12.8. The number of nitrogens with zero attached hydrogens (tertiary/aromatic N) is 1. The monoisotopic (exact) mass is 435 g/mol. The van der Waals surface area contributed by atoms with Crippen LogP contribution in [0.4, 0.5) is 13.2 Å². The zero-order chi connectivity index (χ0) is 21.8. The molecule has 2 rings (SSSR count). The van der Waals surface area contributed by atoms with Crippen molar-refractivity contribution in [3.63, 3.8) is 0 Å². The second-order valence-electron chi connectivity index (χ2n) is 6.41. The lowest BCUT2D eigenvalue weighted by Crippen LogP contribution is -2.56. The summed E-state index contributed by atoms with van der Waals surface area (Å²) in [4.78, 5) is 39.0. The van der Waals surface area contributed by atoms with Gasteiger partial charge in [-0.25, -0.2) is 4.99 Å². The van der Waals surface area contributed by atoms with Gasteiger partial charge in [0.05, 0.1) is 18.7 Å². The van der Waals surface area contributed by atoms with Gasteiger partial charge in [-0.3, -0.25) is 20.1 Å². The summed E-state index contributed by atoms with van der Waals surface area (Å²) in [6, 6.07) is -1.19. The highest BCUT2D eigenvalue weighted by atomic mass is 32.2. The normalized spacial score (nSPS) is 23.0. The van der Waals surface area contributed by atoms with Crippen LogP contribution in [0.5, 0.6) is 0 Å². The number of nitrogens with one attached hydrogen (secondary N) is 1. The topological polar surface area (TPSA) is 120 Å². The number of rotatable bonds is 8. The van der Waals surface area contributed by atoms with Crippen LogP contribution in [0.3, 0.4) is 0 Å². The van der Waals surface area contributed by atoms with E-state index in [4.69, 9.17) is 15.2 Å². The molecule has 0 unspecified atom stereocenters. The molecule has 0 aromatic heterocycles. The van der Waals surface area contributed by atoms with E-state index in [0.717, 1.165) is 11.8 Å². The van der Waals surface area contributed by atoms with E-state index >= 15 is 0 Å².